The Balaban J connectivity index is 0.00000294. The minimum Gasteiger partial charge on any atom is -0.383 e. The molecule has 2 aliphatic heterocycles. The van der Waals surface area contributed by atoms with Gasteiger partial charge in [0.15, 0.2) is 0 Å². The average Bonchev–Trinajstić information content (AvgIpc) is 3.47. The molecule has 3 aromatic carbocycles. The van der Waals surface area contributed by atoms with Crippen molar-refractivity contribution >= 4 is 39.3 Å². The van der Waals surface area contributed by atoms with Gasteiger partial charge in [-0.05, 0) is 78.5 Å². The summed E-state index contributed by atoms with van der Waals surface area (Å²) in [6.45, 7) is 3.74. The zero-order chi connectivity index (χ0) is 25.6. The highest BCUT2D eigenvalue weighted by atomic mass is 35.5. The highest BCUT2D eigenvalue weighted by Gasteiger charge is 2.27. The molecule has 1 fully saturated rings. The molecule has 1 amide bonds. The van der Waals surface area contributed by atoms with Crippen molar-refractivity contribution in [2.75, 3.05) is 19.3 Å². The third kappa shape index (κ3) is 5.29. The number of H-pyrrole nitrogens is 1. The number of amides is 1. The largest absolute Gasteiger partial charge is 0.383 e. The fourth-order valence-corrected chi connectivity index (χ4v) is 5.97. The number of carbonyl (C=O) groups excluding carboxylic acids is 1. The lowest BCUT2D eigenvalue weighted by atomic mass is 9.92. The average molecular weight is 552 g/mol. The third-order valence-electron chi connectivity index (χ3n) is 7.21. The summed E-state index contributed by atoms with van der Waals surface area (Å²) in [5.74, 6) is 0.166. The molecule has 1 aromatic heterocycles. The molecule has 7 nitrogen and oxygen atoms in total. The van der Waals surface area contributed by atoms with Crippen LogP contribution < -0.4 is 9.50 Å². The first-order valence-corrected chi connectivity index (χ1v) is 14.4. The van der Waals surface area contributed by atoms with Gasteiger partial charge >= 0.3 is 10.1 Å². The molecule has 4 aromatic rings. The van der Waals surface area contributed by atoms with Gasteiger partial charge in [-0.2, -0.15) is 8.42 Å². The maximum absolute atomic E-state index is 12.9. The number of nitrogens with one attached hydrogen (secondary N) is 2. The summed E-state index contributed by atoms with van der Waals surface area (Å²) in [5, 5.41) is 4.11. The molecular formula is C29H30ClN3O4S. The van der Waals surface area contributed by atoms with E-state index < -0.39 is 10.1 Å². The van der Waals surface area contributed by atoms with Gasteiger partial charge in [0, 0.05) is 35.2 Å². The fraction of sp³-hybridized carbons (Fsp3) is 0.276. The minimum atomic E-state index is -3.59. The summed E-state index contributed by atoms with van der Waals surface area (Å²) in [7, 11) is -3.59. The molecule has 0 unspecified atom stereocenters. The molecule has 9 heteroatoms. The number of fused-ring (bicyclic) bond motifs is 2. The summed E-state index contributed by atoms with van der Waals surface area (Å²) in [5.41, 5.74) is 7.58. The Bertz CT molecular complexity index is 1610. The molecule has 2 N–H and O–H groups in total. The number of halogens is 1. The van der Waals surface area contributed by atoms with E-state index in [9.17, 15) is 13.2 Å². The van der Waals surface area contributed by atoms with E-state index in [-0.39, 0.29) is 24.1 Å². The quantitative estimate of drug-likeness (QED) is 0.309. The van der Waals surface area contributed by atoms with Crippen molar-refractivity contribution in [2.45, 2.75) is 32.4 Å². The van der Waals surface area contributed by atoms with E-state index in [0.29, 0.717) is 12.1 Å². The molecule has 0 bridgehead atoms. The van der Waals surface area contributed by atoms with Gasteiger partial charge in [0.05, 0.1) is 11.8 Å². The second-order valence-corrected chi connectivity index (χ2v) is 11.5. The first-order chi connectivity index (χ1) is 17.8. The van der Waals surface area contributed by atoms with Crippen LogP contribution in [0.25, 0.3) is 33.3 Å². The number of benzene rings is 3. The van der Waals surface area contributed by atoms with E-state index in [0.717, 1.165) is 64.7 Å². The molecule has 0 radical (unpaired) electrons. The second-order valence-electron chi connectivity index (χ2n) is 9.95. The highest BCUT2D eigenvalue weighted by Crippen LogP contribution is 2.37. The van der Waals surface area contributed by atoms with Gasteiger partial charge in [0.2, 0.25) is 0 Å². The molecule has 0 aliphatic carbocycles. The van der Waals surface area contributed by atoms with Crippen LogP contribution in [0, 0.1) is 0 Å². The molecular weight excluding hydrogens is 522 g/mol. The van der Waals surface area contributed by atoms with Crippen LogP contribution in [-0.4, -0.2) is 43.6 Å². The lowest BCUT2D eigenvalue weighted by molar-refractivity contribution is 0.0966. The number of rotatable bonds is 6. The normalized spacial score (nSPS) is 15.7. The molecule has 1 saturated heterocycles. The van der Waals surface area contributed by atoms with Crippen molar-refractivity contribution < 1.29 is 17.4 Å². The molecule has 0 saturated carbocycles. The van der Waals surface area contributed by atoms with Crippen LogP contribution in [0.4, 0.5) is 0 Å². The number of nitrogens with zero attached hydrogens (tertiary/aromatic N) is 1. The summed E-state index contributed by atoms with van der Waals surface area (Å²) in [6.07, 6.45) is 4.90. The van der Waals surface area contributed by atoms with E-state index in [1.807, 2.05) is 24.3 Å². The van der Waals surface area contributed by atoms with Gasteiger partial charge < -0.3 is 14.5 Å². The molecule has 2 aliphatic rings. The number of hydrogen-bond donors (Lipinski definition) is 2. The van der Waals surface area contributed by atoms with Gasteiger partial charge in [-0.3, -0.25) is 9.69 Å². The summed E-state index contributed by atoms with van der Waals surface area (Å²) in [6, 6.07) is 19.6. The molecule has 0 spiro atoms. The van der Waals surface area contributed by atoms with Crippen molar-refractivity contribution in [3.05, 3.63) is 77.4 Å². The van der Waals surface area contributed by atoms with E-state index >= 15 is 0 Å². The maximum Gasteiger partial charge on any atom is 0.306 e. The van der Waals surface area contributed by atoms with Crippen molar-refractivity contribution in [1.29, 1.82) is 0 Å². The van der Waals surface area contributed by atoms with Crippen LogP contribution >= 0.6 is 12.4 Å². The topological polar surface area (TPSA) is 91.5 Å². The van der Waals surface area contributed by atoms with Gasteiger partial charge in [0.1, 0.15) is 5.75 Å². The Hall–Kier alpha value is -3.33. The maximum atomic E-state index is 12.9. The third-order valence-corrected chi connectivity index (χ3v) is 7.70. The first kappa shape index (κ1) is 26.3. The Labute approximate surface area is 228 Å². The fourth-order valence-electron chi connectivity index (χ4n) is 5.51. The number of likely N-dealkylation sites (tertiary alicyclic amines) is 1. The molecule has 38 heavy (non-hydrogen) atoms. The van der Waals surface area contributed by atoms with Crippen LogP contribution in [0.1, 0.15) is 40.7 Å². The zero-order valence-electron chi connectivity index (χ0n) is 21.1. The summed E-state index contributed by atoms with van der Waals surface area (Å²) in [4.78, 5) is 19.0. The monoisotopic (exact) mass is 551 g/mol. The zero-order valence-corrected chi connectivity index (χ0v) is 22.8. The van der Waals surface area contributed by atoms with Crippen molar-refractivity contribution in [2.24, 2.45) is 0 Å². The predicted molar refractivity (Wildman–Crippen MR) is 152 cm³/mol. The predicted octanol–water partition coefficient (Wildman–Crippen LogP) is 5.49. The summed E-state index contributed by atoms with van der Waals surface area (Å²) < 4.78 is 27.8. The van der Waals surface area contributed by atoms with Crippen LogP contribution in [0.2, 0.25) is 0 Å². The van der Waals surface area contributed by atoms with Gasteiger partial charge in [-0.15, -0.1) is 12.4 Å². The molecule has 6 rings (SSSR count). The summed E-state index contributed by atoms with van der Waals surface area (Å²) >= 11 is 0. The first-order valence-electron chi connectivity index (χ1n) is 12.6. The number of aromatic amines is 1. The standard InChI is InChI=1S/C29H29N3O4S.ClH/c1-37(34,35)36-22-8-6-20(7-9-22)23-10-11-24(28-25(23)17-30-29(28)33)27-16-21-15-19(5-12-26(21)31-27)18-32-13-3-2-4-14-32;/h5-12,15-16,31H,2-4,13-14,17-18H2,1H3,(H,30,33);1H. The second kappa shape index (κ2) is 10.4. The number of hydrogen-bond acceptors (Lipinski definition) is 5. The number of piperidine rings is 1. The van der Waals surface area contributed by atoms with E-state index in [4.69, 9.17) is 4.18 Å². The van der Waals surface area contributed by atoms with Gasteiger partial charge in [0.25, 0.3) is 5.91 Å². The number of carbonyl (C=O) groups is 1. The lowest BCUT2D eigenvalue weighted by Gasteiger charge is -2.26. The van der Waals surface area contributed by atoms with E-state index in [2.05, 4.69) is 39.5 Å². The van der Waals surface area contributed by atoms with Crippen molar-refractivity contribution in [3.63, 3.8) is 0 Å². The lowest BCUT2D eigenvalue weighted by Crippen LogP contribution is -2.28. The molecule has 198 valence electrons. The van der Waals surface area contributed by atoms with Gasteiger partial charge in [-0.25, -0.2) is 0 Å². The SMILES string of the molecule is CS(=O)(=O)Oc1ccc(-c2ccc(-c3cc4cc(CN5CCCCC5)ccc4[nH]3)c3c2CNC3=O)cc1.Cl. The van der Waals surface area contributed by atoms with Crippen molar-refractivity contribution in [3.8, 4) is 28.1 Å². The minimum absolute atomic E-state index is 0. The van der Waals surface area contributed by atoms with Crippen LogP contribution in [-0.2, 0) is 23.2 Å². The highest BCUT2D eigenvalue weighted by molar-refractivity contribution is 7.86. The Morgan fingerprint density at radius 3 is 2.39 bits per heavy atom. The van der Waals surface area contributed by atoms with Crippen LogP contribution in [0.15, 0.2) is 60.7 Å². The van der Waals surface area contributed by atoms with Crippen LogP contribution in [0.3, 0.4) is 0 Å². The van der Waals surface area contributed by atoms with E-state index in [1.54, 1.807) is 12.1 Å². The Kier molecular flexibility index (Phi) is 7.22. The van der Waals surface area contributed by atoms with E-state index in [1.165, 1.54) is 24.8 Å². The molecule has 0 atom stereocenters. The number of aromatic nitrogens is 1. The van der Waals surface area contributed by atoms with Crippen LogP contribution in [0.5, 0.6) is 5.75 Å². The molecule has 3 heterocycles. The van der Waals surface area contributed by atoms with Crippen molar-refractivity contribution in [1.82, 2.24) is 15.2 Å². The van der Waals surface area contributed by atoms with Gasteiger partial charge in [-0.1, -0.05) is 36.8 Å². The Morgan fingerprint density at radius 2 is 1.66 bits per heavy atom. The smallest absolute Gasteiger partial charge is 0.306 e. The Morgan fingerprint density at radius 1 is 0.921 bits per heavy atom.